The Bertz CT molecular complexity index is 176. The van der Waals surface area contributed by atoms with Gasteiger partial charge in [-0.1, -0.05) is 15.9 Å². The quantitative estimate of drug-likeness (QED) is 0.684. The number of hydrogen-bond acceptors (Lipinski definition) is 3. The Morgan fingerprint density at radius 3 is 2.67 bits per heavy atom. The first-order chi connectivity index (χ1) is 7.19. The van der Waals surface area contributed by atoms with Gasteiger partial charge in [-0.15, -0.1) is 0 Å². The van der Waals surface area contributed by atoms with Crippen LogP contribution in [0.3, 0.4) is 0 Å². The molecule has 0 saturated heterocycles. The van der Waals surface area contributed by atoms with E-state index in [0.717, 1.165) is 25.6 Å². The van der Waals surface area contributed by atoms with E-state index < -0.39 is 0 Å². The third-order valence-electron chi connectivity index (χ3n) is 3.09. The van der Waals surface area contributed by atoms with Gasteiger partial charge in [0.05, 0.1) is 12.7 Å². The Morgan fingerprint density at radius 1 is 1.53 bits per heavy atom. The number of nitrogens with zero attached hydrogens (tertiary/aromatic N) is 1. The average molecular weight is 280 g/mol. The number of ether oxygens (including phenoxy) is 1. The Labute approximate surface area is 101 Å². The van der Waals surface area contributed by atoms with Gasteiger partial charge in [-0.3, -0.25) is 4.90 Å². The molecule has 90 valence electrons. The van der Waals surface area contributed by atoms with Gasteiger partial charge < -0.3 is 9.84 Å². The largest absolute Gasteiger partial charge is 0.391 e. The zero-order chi connectivity index (χ0) is 11.3. The number of alkyl halides is 1. The molecule has 0 spiro atoms. The predicted octanol–water partition coefficient (Wildman–Crippen LogP) is 1.49. The van der Waals surface area contributed by atoms with Crippen LogP contribution in [0, 0.1) is 5.92 Å². The molecule has 1 aliphatic carbocycles. The molecule has 0 aromatic heterocycles. The van der Waals surface area contributed by atoms with E-state index in [1.807, 2.05) is 0 Å². The van der Waals surface area contributed by atoms with Crippen LogP contribution < -0.4 is 0 Å². The first-order valence-corrected chi connectivity index (χ1v) is 6.78. The van der Waals surface area contributed by atoms with Gasteiger partial charge in [0.1, 0.15) is 0 Å². The van der Waals surface area contributed by atoms with Crippen LogP contribution in [0.25, 0.3) is 0 Å². The minimum atomic E-state index is -0.275. The molecule has 2 unspecified atom stereocenters. The average Bonchev–Trinajstić information content (AvgIpc) is 3.06. The molecule has 0 bridgehead atoms. The van der Waals surface area contributed by atoms with Crippen molar-refractivity contribution in [2.45, 2.75) is 31.9 Å². The maximum atomic E-state index is 9.65. The Morgan fingerprint density at radius 2 is 2.20 bits per heavy atom. The van der Waals surface area contributed by atoms with Crippen LogP contribution in [0.15, 0.2) is 0 Å². The van der Waals surface area contributed by atoms with Crippen LogP contribution in [-0.2, 0) is 4.74 Å². The number of hydrogen-bond donors (Lipinski definition) is 1. The molecule has 0 aliphatic heterocycles. The van der Waals surface area contributed by atoms with Crippen LogP contribution in [-0.4, -0.2) is 54.3 Å². The monoisotopic (exact) mass is 279 g/mol. The summed E-state index contributed by atoms with van der Waals surface area (Å²) in [6, 6.07) is 0.578. The molecule has 1 saturated carbocycles. The smallest absolute Gasteiger partial charge is 0.0763 e. The summed E-state index contributed by atoms with van der Waals surface area (Å²) >= 11 is 3.31. The van der Waals surface area contributed by atoms with E-state index in [9.17, 15) is 5.11 Å². The van der Waals surface area contributed by atoms with E-state index in [4.69, 9.17) is 4.74 Å². The molecule has 3 nitrogen and oxygen atoms in total. The first-order valence-electron chi connectivity index (χ1n) is 5.66. The molecule has 15 heavy (non-hydrogen) atoms. The molecule has 0 aromatic rings. The van der Waals surface area contributed by atoms with Crippen molar-refractivity contribution in [3.05, 3.63) is 0 Å². The Hall–Kier alpha value is 0.360. The van der Waals surface area contributed by atoms with Crippen LogP contribution in [0.5, 0.6) is 0 Å². The SMILES string of the molecule is COCCN(CC(O)CBr)C(C)C1CC1. The molecular weight excluding hydrogens is 258 g/mol. The fraction of sp³-hybridized carbons (Fsp3) is 1.00. The zero-order valence-corrected chi connectivity index (χ0v) is 11.2. The van der Waals surface area contributed by atoms with Crippen molar-refractivity contribution in [1.82, 2.24) is 4.90 Å². The summed E-state index contributed by atoms with van der Waals surface area (Å²) in [6.45, 7) is 4.66. The minimum absolute atomic E-state index is 0.275. The lowest BCUT2D eigenvalue weighted by Crippen LogP contribution is -2.42. The molecule has 1 fully saturated rings. The van der Waals surface area contributed by atoms with Gasteiger partial charge in [0.25, 0.3) is 0 Å². The maximum Gasteiger partial charge on any atom is 0.0763 e. The number of methoxy groups -OCH3 is 1. The molecule has 1 N–H and O–H groups in total. The molecule has 0 amide bonds. The fourth-order valence-corrected chi connectivity index (χ4v) is 2.07. The van der Waals surface area contributed by atoms with Crippen molar-refractivity contribution in [3.8, 4) is 0 Å². The summed E-state index contributed by atoms with van der Waals surface area (Å²) in [5, 5.41) is 10.3. The summed E-state index contributed by atoms with van der Waals surface area (Å²) in [5.74, 6) is 0.837. The van der Waals surface area contributed by atoms with Gasteiger partial charge in [-0.05, 0) is 25.7 Å². The Kier molecular flexibility index (Phi) is 6.12. The van der Waals surface area contributed by atoms with Crippen molar-refractivity contribution in [3.63, 3.8) is 0 Å². The number of aliphatic hydroxyl groups is 1. The Balaban J connectivity index is 2.36. The normalized spacial score (nSPS) is 20.6. The summed E-state index contributed by atoms with van der Waals surface area (Å²) in [6.07, 6.45) is 2.41. The molecular formula is C11H22BrNO2. The van der Waals surface area contributed by atoms with Crippen molar-refractivity contribution in [2.75, 3.05) is 32.1 Å². The van der Waals surface area contributed by atoms with Gasteiger partial charge in [0.15, 0.2) is 0 Å². The van der Waals surface area contributed by atoms with E-state index in [1.54, 1.807) is 7.11 Å². The predicted molar refractivity (Wildman–Crippen MR) is 65.4 cm³/mol. The molecule has 2 atom stereocenters. The highest BCUT2D eigenvalue weighted by molar-refractivity contribution is 9.09. The number of aliphatic hydroxyl groups excluding tert-OH is 1. The standard InChI is InChI=1S/C11H22BrNO2/c1-9(10-3-4-10)13(5-6-15-2)8-11(14)7-12/h9-11,14H,3-8H2,1-2H3. The summed E-state index contributed by atoms with van der Waals surface area (Å²) in [5.41, 5.74) is 0. The van der Waals surface area contributed by atoms with E-state index in [0.29, 0.717) is 11.4 Å². The molecule has 0 aromatic carbocycles. The van der Waals surface area contributed by atoms with Gasteiger partial charge >= 0.3 is 0 Å². The highest BCUT2D eigenvalue weighted by Crippen LogP contribution is 2.35. The summed E-state index contributed by atoms with van der Waals surface area (Å²) in [7, 11) is 1.72. The van der Waals surface area contributed by atoms with Gasteiger partial charge in [-0.25, -0.2) is 0 Å². The van der Waals surface area contributed by atoms with Crippen LogP contribution in [0.2, 0.25) is 0 Å². The minimum Gasteiger partial charge on any atom is -0.391 e. The number of halogens is 1. The second kappa shape index (κ2) is 6.84. The van der Waals surface area contributed by atoms with Crippen molar-refractivity contribution in [2.24, 2.45) is 5.92 Å². The van der Waals surface area contributed by atoms with Crippen molar-refractivity contribution < 1.29 is 9.84 Å². The molecule has 4 heteroatoms. The van der Waals surface area contributed by atoms with Gasteiger partial charge in [0.2, 0.25) is 0 Å². The van der Waals surface area contributed by atoms with Crippen molar-refractivity contribution in [1.29, 1.82) is 0 Å². The third-order valence-corrected chi connectivity index (χ3v) is 3.83. The molecule has 1 aliphatic rings. The fourth-order valence-electron chi connectivity index (χ4n) is 1.87. The second-order valence-electron chi connectivity index (χ2n) is 4.37. The lowest BCUT2D eigenvalue weighted by atomic mass is 10.1. The van der Waals surface area contributed by atoms with Gasteiger partial charge in [0, 0.05) is 31.6 Å². The van der Waals surface area contributed by atoms with Crippen molar-refractivity contribution >= 4 is 15.9 Å². The molecule has 0 radical (unpaired) electrons. The van der Waals surface area contributed by atoms with E-state index >= 15 is 0 Å². The molecule has 1 rings (SSSR count). The maximum absolute atomic E-state index is 9.65. The lowest BCUT2D eigenvalue weighted by molar-refractivity contribution is 0.0720. The second-order valence-corrected chi connectivity index (χ2v) is 5.02. The zero-order valence-electron chi connectivity index (χ0n) is 9.66. The highest BCUT2D eigenvalue weighted by Gasteiger charge is 2.32. The highest BCUT2D eigenvalue weighted by atomic mass is 79.9. The first kappa shape index (κ1) is 13.4. The number of rotatable bonds is 8. The third kappa shape index (κ3) is 4.81. The van der Waals surface area contributed by atoms with E-state index in [1.165, 1.54) is 12.8 Å². The van der Waals surface area contributed by atoms with E-state index in [2.05, 4.69) is 27.8 Å². The van der Waals surface area contributed by atoms with Gasteiger partial charge in [-0.2, -0.15) is 0 Å². The summed E-state index contributed by atoms with van der Waals surface area (Å²) in [4.78, 5) is 2.34. The molecule has 0 heterocycles. The lowest BCUT2D eigenvalue weighted by Gasteiger charge is -2.30. The van der Waals surface area contributed by atoms with E-state index in [-0.39, 0.29) is 6.10 Å². The summed E-state index contributed by atoms with van der Waals surface area (Å²) < 4.78 is 5.10. The topological polar surface area (TPSA) is 32.7 Å². The van der Waals surface area contributed by atoms with Crippen LogP contribution >= 0.6 is 15.9 Å². The van der Waals surface area contributed by atoms with Crippen LogP contribution in [0.4, 0.5) is 0 Å². The van der Waals surface area contributed by atoms with Crippen LogP contribution in [0.1, 0.15) is 19.8 Å².